The molecular formula is C13H31N. The van der Waals surface area contributed by atoms with E-state index in [9.17, 15) is 0 Å². The van der Waals surface area contributed by atoms with Crippen molar-refractivity contribution in [3.8, 4) is 0 Å². The van der Waals surface area contributed by atoms with Crippen LogP contribution in [0.4, 0.5) is 0 Å². The van der Waals surface area contributed by atoms with Crippen molar-refractivity contribution < 1.29 is 0 Å². The van der Waals surface area contributed by atoms with Gasteiger partial charge in [-0.15, -0.1) is 0 Å². The van der Waals surface area contributed by atoms with E-state index in [0.717, 1.165) is 5.92 Å². The largest absolute Gasteiger partial charge is 0.320 e. The van der Waals surface area contributed by atoms with Gasteiger partial charge in [-0.25, -0.2) is 0 Å². The third-order valence-corrected chi connectivity index (χ3v) is 2.58. The first-order valence-corrected chi connectivity index (χ1v) is 6.49. The lowest BCUT2D eigenvalue weighted by molar-refractivity contribution is 0.407. The van der Waals surface area contributed by atoms with Crippen molar-refractivity contribution in [1.29, 1.82) is 0 Å². The molecule has 0 aromatic heterocycles. The van der Waals surface area contributed by atoms with Gasteiger partial charge in [0.25, 0.3) is 0 Å². The molecule has 0 aromatic rings. The predicted octanol–water partition coefficient (Wildman–Crippen LogP) is 4.23. The van der Waals surface area contributed by atoms with Gasteiger partial charge in [-0.05, 0) is 32.4 Å². The summed E-state index contributed by atoms with van der Waals surface area (Å²) in [6.07, 6.45) is 8.33. The monoisotopic (exact) mass is 201 g/mol. The van der Waals surface area contributed by atoms with Crippen molar-refractivity contribution in [2.45, 2.75) is 66.2 Å². The standard InChI is InChI=1S/C11H25N.C2H6/c1-4-6-8-11(5-2)9-7-10-12-3;1-2/h11-12H,4-10H2,1-3H3;1-2H3. The second-order valence-electron chi connectivity index (χ2n) is 3.66. The average molecular weight is 201 g/mol. The molecule has 14 heavy (non-hydrogen) atoms. The maximum atomic E-state index is 3.20. The van der Waals surface area contributed by atoms with E-state index in [1.807, 2.05) is 20.9 Å². The van der Waals surface area contributed by atoms with E-state index in [4.69, 9.17) is 0 Å². The summed E-state index contributed by atoms with van der Waals surface area (Å²) in [6.45, 7) is 9.78. The highest BCUT2D eigenvalue weighted by atomic mass is 14.8. The zero-order valence-corrected chi connectivity index (χ0v) is 11.0. The first-order valence-electron chi connectivity index (χ1n) is 6.49. The predicted molar refractivity (Wildman–Crippen MR) is 67.8 cm³/mol. The van der Waals surface area contributed by atoms with Crippen molar-refractivity contribution >= 4 is 0 Å². The van der Waals surface area contributed by atoms with Crippen LogP contribution in [0.15, 0.2) is 0 Å². The van der Waals surface area contributed by atoms with Gasteiger partial charge in [-0.1, -0.05) is 53.4 Å². The molecule has 1 nitrogen and oxygen atoms in total. The average Bonchev–Trinajstić information content (AvgIpc) is 2.26. The van der Waals surface area contributed by atoms with Gasteiger partial charge < -0.3 is 5.32 Å². The minimum absolute atomic E-state index is 0.985. The fourth-order valence-corrected chi connectivity index (χ4v) is 1.61. The summed E-state index contributed by atoms with van der Waals surface area (Å²) in [5.74, 6) is 0.985. The van der Waals surface area contributed by atoms with E-state index in [-0.39, 0.29) is 0 Å². The van der Waals surface area contributed by atoms with Crippen LogP contribution >= 0.6 is 0 Å². The van der Waals surface area contributed by atoms with Gasteiger partial charge in [0, 0.05) is 0 Å². The molecule has 0 bridgehead atoms. The molecule has 0 spiro atoms. The molecule has 0 fully saturated rings. The zero-order chi connectivity index (χ0) is 11.2. The summed E-state index contributed by atoms with van der Waals surface area (Å²) in [7, 11) is 2.03. The molecule has 0 heterocycles. The van der Waals surface area contributed by atoms with E-state index in [0.29, 0.717) is 0 Å². The maximum Gasteiger partial charge on any atom is -0.00518 e. The molecule has 0 saturated carbocycles. The zero-order valence-electron chi connectivity index (χ0n) is 11.0. The second-order valence-corrected chi connectivity index (χ2v) is 3.66. The van der Waals surface area contributed by atoms with Crippen molar-refractivity contribution in [3.05, 3.63) is 0 Å². The first-order chi connectivity index (χ1) is 6.85. The maximum absolute atomic E-state index is 3.20. The highest BCUT2D eigenvalue weighted by molar-refractivity contribution is 4.58. The smallest absolute Gasteiger partial charge is 0.00518 e. The van der Waals surface area contributed by atoms with Gasteiger partial charge in [0.15, 0.2) is 0 Å². The van der Waals surface area contributed by atoms with Crippen LogP contribution in [-0.2, 0) is 0 Å². The van der Waals surface area contributed by atoms with Crippen LogP contribution < -0.4 is 5.32 Å². The first kappa shape index (κ1) is 16.4. The van der Waals surface area contributed by atoms with Crippen LogP contribution in [0.3, 0.4) is 0 Å². The summed E-state index contributed by atoms with van der Waals surface area (Å²) < 4.78 is 0. The molecule has 1 heteroatoms. The van der Waals surface area contributed by atoms with Crippen LogP contribution in [0.25, 0.3) is 0 Å². The SMILES string of the molecule is CC.CCCCC(CC)CCCNC. The number of rotatable bonds is 8. The van der Waals surface area contributed by atoms with Crippen LogP contribution in [0.5, 0.6) is 0 Å². The fraction of sp³-hybridized carbons (Fsp3) is 1.00. The van der Waals surface area contributed by atoms with E-state index in [1.165, 1.54) is 45.1 Å². The van der Waals surface area contributed by atoms with Crippen LogP contribution in [-0.4, -0.2) is 13.6 Å². The van der Waals surface area contributed by atoms with Crippen LogP contribution in [0.2, 0.25) is 0 Å². The van der Waals surface area contributed by atoms with Gasteiger partial charge in [0.2, 0.25) is 0 Å². The molecule has 0 aliphatic carbocycles. The Labute approximate surface area is 91.7 Å². The Morgan fingerprint density at radius 3 is 2.00 bits per heavy atom. The molecule has 0 rings (SSSR count). The summed E-state index contributed by atoms with van der Waals surface area (Å²) >= 11 is 0. The van der Waals surface area contributed by atoms with Crippen molar-refractivity contribution in [3.63, 3.8) is 0 Å². The highest BCUT2D eigenvalue weighted by Crippen LogP contribution is 2.17. The minimum atomic E-state index is 0.985. The molecular weight excluding hydrogens is 170 g/mol. The van der Waals surface area contributed by atoms with Crippen molar-refractivity contribution in [1.82, 2.24) is 5.32 Å². The number of hydrogen-bond donors (Lipinski definition) is 1. The van der Waals surface area contributed by atoms with Crippen molar-refractivity contribution in [2.75, 3.05) is 13.6 Å². The summed E-state index contributed by atoms with van der Waals surface area (Å²) in [5.41, 5.74) is 0. The summed E-state index contributed by atoms with van der Waals surface area (Å²) in [6, 6.07) is 0. The van der Waals surface area contributed by atoms with E-state index in [1.54, 1.807) is 0 Å². The molecule has 1 atom stereocenters. The number of hydrogen-bond acceptors (Lipinski definition) is 1. The third-order valence-electron chi connectivity index (χ3n) is 2.58. The lowest BCUT2D eigenvalue weighted by atomic mass is 9.94. The Morgan fingerprint density at radius 2 is 1.57 bits per heavy atom. The molecule has 0 aliphatic heterocycles. The second kappa shape index (κ2) is 15.4. The lowest BCUT2D eigenvalue weighted by Gasteiger charge is -2.13. The Kier molecular flexibility index (Phi) is 18.1. The van der Waals surface area contributed by atoms with Crippen LogP contribution in [0.1, 0.15) is 66.2 Å². The molecule has 1 N–H and O–H groups in total. The van der Waals surface area contributed by atoms with E-state index >= 15 is 0 Å². The molecule has 88 valence electrons. The van der Waals surface area contributed by atoms with Gasteiger partial charge in [0.05, 0.1) is 0 Å². The number of nitrogens with one attached hydrogen (secondary N) is 1. The summed E-state index contributed by atoms with van der Waals surface area (Å²) in [5, 5.41) is 3.20. The Bertz CT molecular complexity index is 81.3. The molecule has 1 unspecified atom stereocenters. The van der Waals surface area contributed by atoms with Gasteiger partial charge in [-0.3, -0.25) is 0 Å². The Morgan fingerprint density at radius 1 is 1.00 bits per heavy atom. The molecule has 0 aromatic carbocycles. The normalized spacial score (nSPS) is 11.8. The van der Waals surface area contributed by atoms with Crippen molar-refractivity contribution in [2.24, 2.45) is 5.92 Å². The van der Waals surface area contributed by atoms with Gasteiger partial charge in [0.1, 0.15) is 0 Å². The molecule has 0 radical (unpaired) electrons. The van der Waals surface area contributed by atoms with E-state index in [2.05, 4.69) is 19.2 Å². The van der Waals surface area contributed by atoms with Crippen LogP contribution in [0, 0.1) is 5.92 Å². The van der Waals surface area contributed by atoms with Gasteiger partial charge in [-0.2, -0.15) is 0 Å². The lowest BCUT2D eigenvalue weighted by Crippen LogP contribution is -2.09. The molecule has 0 amide bonds. The third kappa shape index (κ3) is 12.0. The summed E-state index contributed by atoms with van der Waals surface area (Å²) in [4.78, 5) is 0. The highest BCUT2D eigenvalue weighted by Gasteiger charge is 2.04. The van der Waals surface area contributed by atoms with E-state index < -0.39 is 0 Å². The minimum Gasteiger partial charge on any atom is -0.320 e. The Balaban J connectivity index is 0. The fourth-order valence-electron chi connectivity index (χ4n) is 1.61. The quantitative estimate of drug-likeness (QED) is 0.580. The molecule has 0 aliphatic rings. The Hall–Kier alpha value is -0.0400. The number of unbranched alkanes of at least 4 members (excludes halogenated alkanes) is 1. The topological polar surface area (TPSA) is 12.0 Å². The molecule has 0 saturated heterocycles. The van der Waals surface area contributed by atoms with Gasteiger partial charge >= 0.3 is 0 Å².